The lowest BCUT2D eigenvalue weighted by Gasteiger charge is -2.45. The quantitative estimate of drug-likeness (QED) is 0.234. The van der Waals surface area contributed by atoms with Gasteiger partial charge in [0.15, 0.2) is 0 Å². The van der Waals surface area contributed by atoms with Crippen LogP contribution in [-0.4, -0.2) is 23.9 Å². The molecule has 2 heteroatoms. The highest BCUT2D eigenvalue weighted by Crippen LogP contribution is 2.47. The van der Waals surface area contributed by atoms with Crippen LogP contribution in [-0.2, 0) is 4.74 Å². The number of hydrogen-bond donors (Lipinski definition) is 1. The van der Waals surface area contributed by atoms with Crippen molar-refractivity contribution >= 4 is 0 Å². The summed E-state index contributed by atoms with van der Waals surface area (Å²) in [6.07, 6.45) is 11.3. The standard InChI is InChI=1S/C24H48O2/c1-9-23(25)22(8)26-18-16-14-12-10-11-13-15-17-24(19(2)3,20(4)5)21(6)7/h9,19-23,25H,1,10-18H2,2-8H3/t22-,23+/m0/s1. The average Bonchev–Trinajstić information content (AvgIpc) is 2.57. The molecule has 0 aromatic rings. The Bertz CT molecular complexity index is 324. The predicted octanol–water partition coefficient (Wildman–Crippen LogP) is 7.01. The molecule has 0 unspecified atom stereocenters. The second kappa shape index (κ2) is 13.8. The molecule has 0 amide bonds. The van der Waals surface area contributed by atoms with Gasteiger partial charge in [0, 0.05) is 6.61 Å². The van der Waals surface area contributed by atoms with Crippen molar-refractivity contribution in [3.05, 3.63) is 12.7 Å². The van der Waals surface area contributed by atoms with Crippen molar-refractivity contribution in [3.63, 3.8) is 0 Å². The van der Waals surface area contributed by atoms with Crippen molar-refractivity contribution in [1.82, 2.24) is 0 Å². The van der Waals surface area contributed by atoms with Crippen LogP contribution in [0.15, 0.2) is 12.7 Å². The van der Waals surface area contributed by atoms with Crippen LogP contribution in [0.1, 0.15) is 99.8 Å². The molecule has 0 aromatic carbocycles. The largest absolute Gasteiger partial charge is 0.386 e. The Morgan fingerprint density at radius 1 is 0.769 bits per heavy atom. The summed E-state index contributed by atoms with van der Waals surface area (Å²) in [6.45, 7) is 20.7. The molecule has 1 N–H and O–H groups in total. The number of rotatable bonds is 16. The van der Waals surface area contributed by atoms with E-state index in [1.165, 1.54) is 51.0 Å². The fraction of sp³-hybridized carbons (Fsp3) is 0.917. The van der Waals surface area contributed by atoms with Gasteiger partial charge >= 0.3 is 0 Å². The molecular formula is C24H48O2. The summed E-state index contributed by atoms with van der Waals surface area (Å²) >= 11 is 0. The van der Waals surface area contributed by atoms with Gasteiger partial charge in [-0.2, -0.15) is 0 Å². The van der Waals surface area contributed by atoms with Gasteiger partial charge in [-0.05, 0) is 42.9 Å². The van der Waals surface area contributed by atoms with E-state index < -0.39 is 6.10 Å². The van der Waals surface area contributed by atoms with Crippen LogP contribution in [0, 0.1) is 23.2 Å². The highest BCUT2D eigenvalue weighted by atomic mass is 16.5. The second-order valence-corrected chi connectivity index (χ2v) is 9.10. The Kier molecular flexibility index (Phi) is 13.6. The molecule has 26 heavy (non-hydrogen) atoms. The van der Waals surface area contributed by atoms with Crippen molar-refractivity contribution in [2.24, 2.45) is 23.2 Å². The topological polar surface area (TPSA) is 29.5 Å². The molecule has 0 spiro atoms. The molecule has 0 saturated carbocycles. The fourth-order valence-corrected chi connectivity index (χ4v) is 4.84. The molecule has 0 aliphatic heterocycles. The minimum absolute atomic E-state index is 0.143. The number of hydrogen-bond acceptors (Lipinski definition) is 2. The first kappa shape index (κ1) is 25.7. The predicted molar refractivity (Wildman–Crippen MR) is 116 cm³/mol. The molecule has 0 aliphatic carbocycles. The van der Waals surface area contributed by atoms with Gasteiger partial charge in [-0.1, -0.05) is 86.1 Å². The van der Waals surface area contributed by atoms with E-state index in [-0.39, 0.29) is 6.10 Å². The number of aliphatic hydroxyl groups is 1. The molecule has 2 atom stereocenters. The van der Waals surface area contributed by atoms with Crippen molar-refractivity contribution < 1.29 is 9.84 Å². The normalized spacial score (nSPS) is 15.0. The summed E-state index contributed by atoms with van der Waals surface area (Å²) in [6, 6.07) is 0. The molecular weight excluding hydrogens is 320 g/mol. The lowest BCUT2D eigenvalue weighted by Crippen LogP contribution is -2.38. The molecule has 0 heterocycles. The maximum absolute atomic E-state index is 9.57. The van der Waals surface area contributed by atoms with Crippen LogP contribution >= 0.6 is 0 Å². The fourth-order valence-electron chi connectivity index (χ4n) is 4.84. The summed E-state index contributed by atoms with van der Waals surface area (Å²) in [5.74, 6) is 2.26. The van der Waals surface area contributed by atoms with Crippen LogP contribution < -0.4 is 0 Å². The van der Waals surface area contributed by atoms with Crippen molar-refractivity contribution in [3.8, 4) is 0 Å². The van der Waals surface area contributed by atoms with Gasteiger partial charge in [0.2, 0.25) is 0 Å². The van der Waals surface area contributed by atoms with Gasteiger partial charge < -0.3 is 9.84 Å². The molecule has 0 saturated heterocycles. The Labute approximate surface area is 164 Å². The van der Waals surface area contributed by atoms with Gasteiger partial charge in [0.25, 0.3) is 0 Å². The first-order chi connectivity index (χ1) is 12.2. The van der Waals surface area contributed by atoms with Crippen molar-refractivity contribution in [1.29, 1.82) is 0 Å². The third-order valence-corrected chi connectivity index (χ3v) is 6.58. The van der Waals surface area contributed by atoms with Crippen LogP contribution in [0.2, 0.25) is 0 Å². The SMILES string of the molecule is C=C[C@@H](O)[C@H](C)OCCCCCCCCCC(C(C)C)(C(C)C)C(C)C. The smallest absolute Gasteiger partial charge is 0.0977 e. The minimum atomic E-state index is -0.551. The first-order valence-corrected chi connectivity index (χ1v) is 11.1. The maximum Gasteiger partial charge on any atom is 0.0977 e. The van der Waals surface area contributed by atoms with E-state index >= 15 is 0 Å². The zero-order valence-electron chi connectivity index (χ0n) is 18.9. The molecule has 0 radical (unpaired) electrons. The third kappa shape index (κ3) is 8.57. The maximum atomic E-state index is 9.57. The highest BCUT2D eigenvalue weighted by Gasteiger charge is 2.39. The summed E-state index contributed by atoms with van der Waals surface area (Å²) in [7, 11) is 0. The third-order valence-electron chi connectivity index (χ3n) is 6.58. The molecule has 0 aromatic heterocycles. The summed E-state index contributed by atoms with van der Waals surface area (Å²) in [4.78, 5) is 0. The van der Waals surface area contributed by atoms with Crippen LogP contribution in [0.4, 0.5) is 0 Å². The van der Waals surface area contributed by atoms with Crippen LogP contribution in [0.5, 0.6) is 0 Å². The Morgan fingerprint density at radius 2 is 1.19 bits per heavy atom. The lowest BCUT2D eigenvalue weighted by molar-refractivity contribution is -0.00729. The van der Waals surface area contributed by atoms with Crippen LogP contribution in [0.3, 0.4) is 0 Å². The summed E-state index contributed by atoms with van der Waals surface area (Å²) < 4.78 is 5.62. The summed E-state index contributed by atoms with van der Waals surface area (Å²) in [5, 5.41) is 9.57. The molecule has 2 nitrogen and oxygen atoms in total. The zero-order chi connectivity index (χ0) is 20.2. The first-order valence-electron chi connectivity index (χ1n) is 11.1. The Hall–Kier alpha value is -0.340. The van der Waals surface area contributed by atoms with E-state index in [1.54, 1.807) is 0 Å². The highest BCUT2D eigenvalue weighted by molar-refractivity contribution is 4.88. The van der Waals surface area contributed by atoms with Crippen molar-refractivity contribution in [2.75, 3.05) is 6.61 Å². The average molecular weight is 369 g/mol. The van der Waals surface area contributed by atoms with E-state index in [0.717, 1.165) is 30.8 Å². The van der Waals surface area contributed by atoms with E-state index in [0.29, 0.717) is 5.41 Å². The number of unbranched alkanes of at least 4 members (excludes halogenated alkanes) is 6. The van der Waals surface area contributed by atoms with Crippen molar-refractivity contribution in [2.45, 2.75) is 112 Å². The van der Waals surface area contributed by atoms with Gasteiger partial charge in [-0.25, -0.2) is 0 Å². The van der Waals surface area contributed by atoms with E-state index in [4.69, 9.17) is 4.74 Å². The van der Waals surface area contributed by atoms with Gasteiger partial charge in [-0.3, -0.25) is 0 Å². The Morgan fingerprint density at radius 3 is 1.62 bits per heavy atom. The van der Waals surface area contributed by atoms with Gasteiger partial charge in [0.05, 0.1) is 12.2 Å². The van der Waals surface area contributed by atoms with E-state index in [9.17, 15) is 5.11 Å². The van der Waals surface area contributed by atoms with E-state index in [2.05, 4.69) is 48.1 Å². The molecule has 0 rings (SSSR count). The second-order valence-electron chi connectivity index (χ2n) is 9.10. The van der Waals surface area contributed by atoms with Gasteiger partial charge in [-0.15, -0.1) is 6.58 Å². The Balaban J connectivity index is 3.82. The molecule has 0 fully saturated rings. The molecule has 156 valence electrons. The lowest BCUT2D eigenvalue weighted by atomic mass is 9.60. The molecule has 0 bridgehead atoms. The minimum Gasteiger partial charge on any atom is -0.386 e. The van der Waals surface area contributed by atoms with E-state index in [1.807, 2.05) is 6.92 Å². The summed E-state index contributed by atoms with van der Waals surface area (Å²) in [5.41, 5.74) is 0.490. The van der Waals surface area contributed by atoms with Gasteiger partial charge in [0.1, 0.15) is 0 Å². The number of ether oxygens (including phenoxy) is 1. The van der Waals surface area contributed by atoms with Crippen LogP contribution in [0.25, 0.3) is 0 Å². The zero-order valence-corrected chi connectivity index (χ0v) is 18.9. The molecule has 0 aliphatic rings. The number of aliphatic hydroxyl groups excluding tert-OH is 1. The monoisotopic (exact) mass is 368 g/mol.